The summed E-state index contributed by atoms with van der Waals surface area (Å²) in [6, 6.07) is 0. The molecule has 1 fully saturated rings. The molecule has 0 aromatic heterocycles. The van der Waals surface area contributed by atoms with Crippen molar-refractivity contribution in [3.63, 3.8) is 0 Å². The van der Waals surface area contributed by atoms with E-state index in [2.05, 4.69) is 5.32 Å². The van der Waals surface area contributed by atoms with E-state index in [1.54, 1.807) is 7.05 Å². The molecule has 1 rings (SSSR count). The minimum Gasteiger partial charge on any atom is -0.423 e. The minimum atomic E-state index is -0.481. The number of carbonyl (C=O) groups is 2. The number of likely N-dealkylation sites (N-methyl/N-ethyl adjacent to an activating group) is 1. The smallest absolute Gasteiger partial charge is 0.411 e. The molecule has 0 spiro atoms. The van der Waals surface area contributed by atoms with E-state index in [1.807, 2.05) is 0 Å². The number of ether oxygens (including phenoxy) is 1. The molecule has 1 heterocycles. The Morgan fingerprint density at radius 2 is 2.45 bits per heavy atom. The summed E-state index contributed by atoms with van der Waals surface area (Å²) in [6.45, 7) is 1.80. The van der Waals surface area contributed by atoms with Crippen molar-refractivity contribution < 1.29 is 14.3 Å². The second kappa shape index (κ2) is 2.77. The second-order valence-electron chi connectivity index (χ2n) is 2.45. The van der Waals surface area contributed by atoms with E-state index in [0.717, 1.165) is 0 Å². The Balaban J connectivity index is 2.41. The lowest BCUT2D eigenvalue weighted by Crippen LogP contribution is -2.35. The first kappa shape index (κ1) is 7.84. The van der Waals surface area contributed by atoms with Gasteiger partial charge in [0.2, 0.25) is 5.91 Å². The molecule has 0 bridgehead atoms. The predicted octanol–water partition coefficient (Wildman–Crippen LogP) is -0.469. The molecule has 0 aromatic rings. The summed E-state index contributed by atoms with van der Waals surface area (Å²) in [5.41, 5.74) is 0. The molecule has 0 aliphatic carbocycles. The molecule has 1 saturated heterocycles. The van der Waals surface area contributed by atoms with Crippen LogP contribution in [-0.4, -0.2) is 36.7 Å². The first-order chi connectivity index (χ1) is 5.09. The molecule has 0 radical (unpaired) electrons. The lowest BCUT2D eigenvalue weighted by Gasteiger charge is -2.07. The van der Waals surface area contributed by atoms with Crippen LogP contribution in [0.5, 0.6) is 0 Å². The van der Waals surface area contributed by atoms with Gasteiger partial charge in [-0.05, 0) is 0 Å². The molecule has 0 saturated carbocycles. The van der Waals surface area contributed by atoms with Crippen LogP contribution in [0.3, 0.4) is 0 Å². The van der Waals surface area contributed by atoms with Crippen LogP contribution in [-0.2, 0) is 9.53 Å². The van der Waals surface area contributed by atoms with Gasteiger partial charge in [0.15, 0.2) is 6.23 Å². The van der Waals surface area contributed by atoms with Crippen LogP contribution in [0.15, 0.2) is 0 Å². The summed E-state index contributed by atoms with van der Waals surface area (Å²) < 4.78 is 4.74. The van der Waals surface area contributed by atoms with Crippen molar-refractivity contribution in [1.29, 1.82) is 0 Å². The number of nitrogens with zero attached hydrogens (tertiary/aromatic N) is 1. The summed E-state index contributed by atoms with van der Waals surface area (Å²) in [4.78, 5) is 22.6. The largest absolute Gasteiger partial charge is 0.423 e. The Morgan fingerprint density at radius 1 is 1.82 bits per heavy atom. The Kier molecular flexibility index (Phi) is 1.98. The van der Waals surface area contributed by atoms with Gasteiger partial charge >= 0.3 is 6.09 Å². The third-order valence-corrected chi connectivity index (χ3v) is 1.36. The Hall–Kier alpha value is -1.26. The Labute approximate surface area is 64.3 Å². The quantitative estimate of drug-likeness (QED) is 0.561. The van der Waals surface area contributed by atoms with Crippen molar-refractivity contribution in [2.45, 2.75) is 13.2 Å². The topological polar surface area (TPSA) is 58.6 Å². The van der Waals surface area contributed by atoms with Crippen LogP contribution < -0.4 is 5.32 Å². The number of carbonyl (C=O) groups excluding carboxylic acids is 2. The van der Waals surface area contributed by atoms with E-state index in [9.17, 15) is 9.59 Å². The average Bonchev–Trinajstić information content (AvgIpc) is 2.10. The minimum absolute atomic E-state index is 0.196. The molecule has 0 unspecified atom stereocenters. The molecule has 1 aliphatic rings. The van der Waals surface area contributed by atoms with Gasteiger partial charge in [0.25, 0.3) is 0 Å². The van der Waals surface area contributed by atoms with Gasteiger partial charge in [-0.3, -0.25) is 4.79 Å². The van der Waals surface area contributed by atoms with Crippen molar-refractivity contribution in [1.82, 2.24) is 10.2 Å². The summed E-state index contributed by atoms with van der Waals surface area (Å²) in [7, 11) is 1.62. The third kappa shape index (κ3) is 1.83. The maximum atomic E-state index is 10.7. The zero-order valence-electron chi connectivity index (χ0n) is 6.46. The van der Waals surface area contributed by atoms with Gasteiger partial charge in [-0.2, -0.15) is 0 Å². The highest BCUT2D eigenvalue weighted by Crippen LogP contribution is 2.05. The molecular formula is C6H10N2O3. The Bertz CT molecular complexity index is 190. The number of hydrogen-bond donors (Lipinski definition) is 1. The van der Waals surface area contributed by atoms with Gasteiger partial charge < -0.3 is 15.0 Å². The highest BCUT2D eigenvalue weighted by molar-refractivity contribution is 5.75. The van der Waals surface area contributed by atoms with E-state index in [4.69, 9.17) is 4.74 Å². The van der Waals surface area contributed by atoms with Crippen molar-refractivity contribution in [2.24, 2.45) is 0 Å². The molecule has 0 aromatic carbocycles. The highest BCUT2D eigenvalue weighted by Gasteiger charge is 2.28. The normalized spacial score (nSPS) is 23.3. The number of cyclic esters (lactones) is 1. The van der Waals surface area contributed by atoms with Crippen LogP contribution in [0.2, 0.25) is 0 Å². The number of nitrogens with one attached hydrogen (secondary N) is 1. The van der Waals surface area contributed by atoms with Gasteiger partial charge in [0.05, 0.1) is 6.54 Å². The van der Waals surface area contributed by atoms with Crippen LogP contribution in [0.25, 0.3) is 0 Å². The average molecular weight is 158 g/mol. The summed E-state index contributed by atoms with van der Waals surface area (Å²) in [6.07, 6.45) is -0.881. The number of amides is 2. The molecule has 5 nitrogen and oxygen atoms in total. The molecule has 62 valence electrons. The van der Waals surface area contributed by atoms with Gasteiger partial charge in [0, 0.05) is 14.0 Å². The van der Waals surface area contributed by atoms with Gasteiger partial charge in [-0.1, -0.05) is 0 Å². The molecule has 1 aliphatic heterocycles. The zero-order valence-corrected chi connectivity index (χ0v) is 6.46. The van der Waals surface area contributed by atoms with Crippen molar-refractivity contribution >= 4 is 12.0 Å². The lowest BCUT2D eigenvalue weighted by atomic mass is 10.5. The maximum absolute atomic E-state index is 10.7. The van der Waals surface area contributed by atoms with Crippen LogP contribution in [0, 0.1) is 0 Å². The SMILES string of the molecule is CC(=O)N[C@@H]1CN(C)C(=O)O1. The van der Waals surface area contributed by atoms with Crippen molar-refractivity contribution in [3.8, 4) is 0 Å². The third-order valence-electron chi connectivity index (χ3n) is 1.36. The van der Waals surface area contributed by atoms with Crippen LogP contribution >= 0.6 is 0 Å². The van der Waals surface area contributed by atoms with E-state index in [0.29, 0.717) is 6.54 Å². The number of rotatable bonds is 1. The molecule has 11 heavy (non-hydrogen) atoms. The fourth-order valence-corrected chi connectivity index (χ4v) is 0.874. The van der Waals surface area contributed by atoms with Crippen LogP contribution in [0.4, 0.5) is 4.79 Å². The monoisotopic (exact) mass is 158 g/mol. The van der Waals surface area contributed by atoms with E-state index >= 15 is 0 Å². The van der Waals surface area contributed by atoms with Crippen molar-refractivity contribution in [2.75, 3.05) is 13.6 Å². The molecule has 1 atom stereocenters. The molecule has 5 heteroatoms. The lowest BCUT2D eigenvalue weighted by molar-refractivity contribution is -0.121. The first-order valence-corrected chi connectivity index (χ1v) is 3.28. The summed E-state index contributed by atoms with van der Waals surface area (Å²) >= 11 is 0. The van der Waals surface area contributed by atoms with E-state index in [1.165, 1.54) is 11.8 Å². The van der Waals surface area contributed by atoms with Crippen LogP contribution in [0.1, 0.15) is 6.92 Å². The van der Waals surface area contributed by atoms with Crippen molar-refractivity contribution in [3.05, 3.63) is 0 Å². The van der Waals surface area contributed by atoms with Gasteiger partial charge in [-0.15, -0.1) is 0 Å². The fraction of sp³-hybridized carbons (Fsp3) is 0.667. The molecule has 1 N–H and O–H groups in total. The summed E-state index contributed by atoms with van der Waals surface area (Å²) in [5, 5.41) is 2.48. The van der Waals surface area contributed by atoms with E-state index < -0.39 is 12.3 Å². The molecular weight excluding hydrogens is 148 g/mol. The summed E-state index contributed by atoms with van der Waals surface area (Å²) in [5.74, 6) is -0.196. The first-order valence-electron chi connectivity index (χ1n) is 3.28. The highest BCUT2D eigenvalue weighted by atomic mass is 16.6. The zero-order chi connectivity index (χ0) is 8.43. The van der Waals surface area contributed by atoms with Gasteiger partial charge in [0.1, 0.15) is 0 Å². The van der Waals surface area contributed by atoms with Gasteiger partial charge in [-0.25, -0.2) is 4.79 Å². The number of hydrogen-bond acceptors (Lipinski definition) is 3. The second-order valence-corrected chi connectivity index (χ2v) is 2.45. The van der Waals surface area contributed by atoms with E-state index in [-0.39, 0.29) is 5.91 Å². The predicted molar refractivity (Wildman–Crippen MR) is 36.7 cm³/mol. The fourth-order valence-electron chi connectivity index (χ4n) is 0.874. The molecule has 2 amide bonds. The maximum Gasteiger partial charge on any atom is 0.411 e. The Morgan fingerprint density at radius 3 is 2.82 bits per heavy atom. The standard InChI is InChI=1S/C6H10N2O3/c1-4(9)7-5-3-8(2)6(10)11-5/h5H,3H2,1-2H3,(H,7,9)/t5-/m0/s1.